The molecule has 0 bridgehead atoms. The molecule has 0 aromatic carbocycles. The van der Waals surface area contributed by atoms with Crippen molar-refractivity contribution in [2.75, 3.05) is 33.9 Å². The molecule has 194 valence electrons. The molecule has 37 heavy (non-hydrogen) atoms. The third-order valence-corrected chi connectivity index (χ3v) is 7.60. The summed E-state index contributed by atoms with van der Waals surface area (Å²) in [5.41, 5.74) is 2.31. The highest BCUT2D eigenvalue weighted by Crippen LogP contribution is 2.34. The van der Waals surface area contributed by atoms with E-state index in [2.05, 4.69) is 26.0 Å². The minimum atomic E-state index is -0.284. The van der Waals surface area contributed by atoms with Gasteiger partial charge < -0.3 is 25.4 Å². The number of hydrogen-bond donors (Lipinski definition) is 3. The van der Waals surface area contributed by atoms with Crippen LogP contribution in [0.5, 0.6) is 5.88 Å². The summed E-state index contributed by atoms with van der Waals surface area (Å²) in [5, 5.41) is 13.4. The third-order valence-electron chi connectivity index (χ3n) is 6.45. The summed E-state index contributed by atoms with van der Waals surface area (Å²) in [5.74, 6) is 0.0971. The highest BCUT2D eigenvalue weighted by Gasteiger charge is 2.39. The molecule has 0 aliphatic carbocycles. The standard InChI is InChI=1S/C25H29N7O4S/c1-15-19(8-16(9-27-15)29-21(33)12-31-13-25(2,14-31)36-4)30-22(34)18-10-28-32-11-20(37-24(18)32)17-6-5-7-26-23(17)35-3/h5-11,15,27H,12-14H2,1-4H3,(H,29,33)(H,30,34). The molecule has 1 saturated heterocycles. The number of amides is 2. The van der Waals surface area contributed by atoms with Crippen LogP contribution in [0.15, 0.2) is 54.4 Å². The fourth-order valence-electron chi connectivity index (χ4n) is 4.41. The fraction of sp³-hybridized carbons (Fsp3) is 0.360. The number of nitrogens with one attached hydrogen (secondary N) is 3. The van der Waals surface area contributed by atoms with Gasteiger partial charge in [0.1, 0.15) is 4.83 Å². The van der Waals surface area contributed by atoms with Crippen LogP contribution in [0.3, 0.4) is 0 Å². The lowest BCUT2D eigenvalue weighted by Crippen LogP contribution is -2.62. The first-order chi connectivity index (χ1) is 17.8. The summed E-state index contributed by atoms with van der Waals surface area (Å²) in [6.45, 7) is 5.65. The molecular formula is C25H29N7O4S. The van der Waals surface area contributed by atoms with Crippen molar-refractivity contribution in [3.05, 3.63) is 60.0 Å². The van der Waals surface area contributed by atoms with Gasteiger partial charge in [-0.05, 0) is 32.1 Å². The normalized spacial score (nSPS) is 18.9. The van der Waals surface area contributed by atoms with E-state index in [0.29, 0.717) is 40.8 Å². The van der Waals surface area contributed by atoms with Gasteiger partial charge in [-0.2, -0.15) is 5.10 Å². The summed E-state index contributed by atoms with van der Waals surface area (Å²) >= 11 is 1.43. The van der Waals surface area contributed by atoms with Crippen LogP contribution in [0.1, 0.15) is 24.2 Å². The van der Waals surface area contributed by atoms with Gasteiger partial charge >= 0.3 is 0 Å². The highest BCUT2D eigenvalue weighted by molar-refractivity contribution is 7.21. The molecular weight excluding hydrogens is 494 g/mol. The molecule has 3 N–H and O–H groups in total. The first-order valence-corrected chi connectivity index (χ1v) is 12.6. The molecule has 2 aliphatic rings. The minimum absolute atomic E-state index is 0.127. The van der Waals surface area contributed by atoms with E-state index in [1.165, 1.54) is 11.3 Å². The van der Waals surface area contributed by atoms with Crippen LogP contribution in [0.2, 0.25) is 0 Å². The number of fused-ring (bicyclic) bond motifs is 1. The number of allylic oxidation sites excluding steroid dienone is 1. The number of carbonyl (C=O) groups excluding carboxylic acids is 2. The molecule has 5 heterocycles. The Hall–Kier alpha value is -3.74. The van der Waals surface area contributed by atoms with Crippen LogP contribution in [0.4, 0.5) is 0 Å². The van der Waals surface area contributed by atoms with Gasteiger partial charge in [0, 0.05) is 44.5 Å². The second-order valence-corrected chi connectivity index (χ2v) is 10.4. The number of pyridine rings is 1. The molecule has 3 aromatic rings. The number of ether oxygens (including phenoxy) is 2. The van der Waals surface area contributed by atoms with Crippen LogP contribution in [-0.2, 0) is 9.53 Å². The van der Waals surface area contributed by atoms with Crippen LogP contribution in [0, 0.1) is 0 Å². The summed E-state index contributed by atoms with van der Waals surface area (Å²) in [6, 6.07) is 3.60. The Labute approximate surface area is 218 Å². The van der Waals surface area contributed by atoms with E-state index in [1.807, 2.05) is 37.1 Å². The number of hydrogen-bond acceptors (Lipinski definition) is 9. The molecule has 12 heteroatoms. The maximum atomic E-state index is 13.2. The van der Waals surface area contributed by atoms with E-state index in [9.17, 15) is 9.59 Å². The average molecular weight is 524 g/mol. The maximum absolute atomic E-state index is 13.2. The van der Waals surface area contributed by atoms with E-state index in [0.717, 1.165) is 10.4 Å². The van der Waals surface area contributed by atoms with Gasteiger partial charge in [-0.25, -0.2) is 9.50 Å². The number of dihydropyridines is 1. The van der Waals surface area contributed by atoms with Gasteiger partial charge in [0.25, 0.3) is 5.91 Å². The van der Waals surface area contributed by atoms with E-state index < -0.39 is 0 Å². The highest BCUT2D eigenvalue weighted by atomic mass is 32.1. The Morgan fingerprint density at radius 1 is 1.30 bits per heavy atom. The second-order valence-electron chi connectivity index (χ2n) is 9.35. The first kappa shape index (κ1) is 24.9. The summed E-state index contributed by atoms with van der Waals surface area (Å²) in [6.07, 6.45) is 8.57. The van der Waals surface area contributed by atoms with Crippen LogP contribution < -0.4 is 20.7 Å². The molecule has 0 spiro atoms. The first-order valence-electron chi connectivity index (χ1n) is 11.8. The molecule has 11 nitrogen and oxygen atoms in total. The zero-order chi connectivity index (χ0) is 26.2. The van der Waals surface area contributed by atoms with Gasteiger partial charge in [0.05, 0.1) is 53.2 Å². The van der Waals surface area contributed by atoms with Gasteiger partial charge in [-0.15, -0.1) is 11.3 Å². The predicted octanol–water partition coefficient (Wildman–Crippen LogP) is 1.75. The topological polar surface area (TPSA) is 122 Å². The lowest BCUT2D eigenvalue weighted by atomic mass is 9.96. The van der Waals surface area contributed by atoms with E-state index in [4.69, 9.17) is 9.47 Å². The zero-order valence-corrected chi connectivity index (χ0v) is 21.9. The quantitative estimate of drug-likeness (QED) is 0.408. The van der Waals surface area contributed by atoms with E-state index in [-0.39, 0.29) is 30.0 Å². The number of aromatic nitrogens is 3. The SMILES string of the molecule is COc1ncccc1-c1cn2ncc(C(=O)NC3=CC(NC(=O)CN4CC(C)(OC)C4)=CNC3C)c2s1. The van der Waals surface area contributed by atoms with Crippen LogP contribution in [-0.4, -0.2) is 76.8 Å². The largest absolute Gasteiger partial charge is 0.481 e. The van der Waals surface area contributed by atoms with Crippen LogP contribution >= 0.6 is 11.3 Å². The van der Waals surface area contributed by atoms with Crippen molar-refractivity contribution in [1.29, 1.82) is 0 Å². The van der Waals surface area contributed by atoms with E-state index >= 15 is 0 Å². The Kier molecular flexibility index (Phi) is 6.71. The molecule has 0 saturated carbocycles. The Balaban J connectivity index is 1.27. The molecule has 1 unspecified atom stereocenters. The lowest BCUT2D eigenvalue weighted by Gasteiger charge is -2.46. The molecule has 2 amide bonds. The number of thiazole rings is 1. The van der Waals surface area contributed by atoms with Crippen molar-refractivity contribution in [1.82, 2.24) is 35.4 Å². The smallest absolute Gasteiger partial charge is 0.260 e. The van der Waals surface area contributed by atoms with Crippen molar-refractivity contribution in [2.45, 2.75) is 25.5 Å². The van der Waals surface area contributed by atoms with E-state index in [1.54, 1.807) is 43.4 Å². The number of likely N-dealkylation sites (tertiary alicyclic amines) is 1. The van der Waals surface area contributed by atoms with Gasteiger partial charge in [-0.3, -0.25) is 14.5 Å². The molecule has 1 fully saturated rings. The van der Waals surface area contributed by atoms with Crippen molar-refractivity contribution >= 4 is 28.0 Å². The molecule has 1 atom stereocenters. The van der Waals surface area contributed by atoms with Gasteiger partial charge in [0.2, 0.25) is 11.8 Å². The average Bonchev–Trinajstić information content (AvgIpc) is 3.46. The maximum Gasteiger partial charge on any atom is 0.260 e. The number of rotatable bonds is 8. The Morgan fingerprint density at radius 3 is 2.86 bits per heavy atom. The molecule has 5 rings (SSSR count). The Morgan fingerprint density at radius 2 is 2.11 bits per heavy atom. The Bertz CT molecular complexity index is 1400. The molecule has 0 radical (unpaired) electrons. The fourth-order valence-corrected chi connectivity index (χ4v) is 5.48. The number of methoxy groups -OCH3 is 2. The van der Waals surface area contributed by atoms with Gasteiger partial charge in [0.15, 0.2) is 0 Å². The van der Waals surface area contributed by atoms with Crippen molar-refractivity contribution in [3.63, 3.8) is 0 Å². The second kappa shape index (κ2) is 9.96. The van der Waals surface area contributed by atoms with Crippen molar-refractivity contribution in [3.8, 4) is 16.3 Å². The minimum Gasteiger partial charge on any atom is -0.481 e. The lowest BCUT2D eigenvalue weighted by molar-refractivity contribution is -0.134. The zero-order valence-electron chi connectivity index (χ0n) is 21.1. The van der Waals surface area contributed by atoms with Crippen LogP contribution in [0.25, 0.3) is 15.3 Å². The van der Waals surface area contributed by atoms with Crippen molar-refractivity contribution in [2.24, 2.45) is 0 Å². The summed E-state index contributed by atoms with van der Waals surface area (Å²) in [7, 11) is 3.26. The van der Waals surface area contributed by atoms with Crippen molar-refractivity contribution < 1.29 is 19.1 Å². The molecule has 2 aliphatic heterocycles. The third kappa shape index (κ3) is 5.08. The molecule has 3 aromatic heterocycles. The summed E-state index contributed by atoms with van der Waals surface area (Å²) < 4.78 is 12.5. The predicted molar refractivity (Wildman–Crippen MR) is 139 cm³/mol. The van der Waals surface area contributed by atoms with Gasteiger partial charge in [-0.1, -0.05) is 0 Å². The summed E-state index contributed by atoms with van der Waals surface area (Å²) in [4.78, 5) is 33.6. The monoisotopic (exact) mass is 523 g/mol. The number of carbonyl (C=O) groups is 2. The number of nitrogens with zero attached hydrogens (tertiary/aromatic N) is 4.